The predicted molar refractivity (Wildman–Crippen MR) is 97.1 cm³/mol. The van der Waals surface area contributed by atoms with Crippen LogP contribution in [0, 0.1) is 0 Å². The summed E-state index contributed by atoms with van der Waals surface area (Å²) < 4.78 is 0. The van der Waals surface area contributed by atoms with Gasteiger partial charge in [-0.25, -0.2) is 0 Å². The van der Waals surface area contributed by atoms with Crippen LogP contribution in [0.25, 0.3) is 22.4 Å². The summed E-state index contributed by atoms with van der Waals surface area (Å²) in [5, 5.41) is 20.7. The van der Waals surface area contributed by atoms with Crippen molar-refractivity contribution >= 4 is 0 Å². The molecular weight excluding hydrogens is 298 g/mol. The Hall–Kier alpha value is -2.81. The molecule has 0 saturated heterocycles. The molecule has 0 aliphatic rings. The topological polar surface area (TPSA) is 53.4 Å². The summed E-state index contributed by atoms with van der Waals surface area (Å²) in [7, 11) is 0. The van der Waals surface area contributed by atoms with Crippen molar-refractivity contribution in [2.45, 2.75) is 26.2 Å². The molecule has 122 valence electrons. The highest BCUT2D eigenvalue weighted by Gasteiger charge is 2.17. The Kier molecular flexibility index (Phi) is 4.80. The molecule has 24 heavy (non-hydrogen) atoms. The van der Waals surface area contributed by atoms with Gasteiger partial charge in [0.1, 0.15) is 11.5 Å². The number of aromatic hydroxyl groups is 2. The normalized spacial score (nSPS) is 10.7. The van der Waals surface area contributed by atoms with E-state index in [2.05, 4.69) is 18.0 Å². The third kappa shape index (κ3) is 3.11. The quantitative estimate of drug-likeness (QED) is 0.682. The third-order valence-electron chi connectivity index (χ3n) is 4.16. The Morgan fingerprint density at radius 2 is 1.58 bits per heavy atom. The molecule has 0 bridgehead atoms. The van der Waals surface area contributed by atoms with Crippen molar-refractivity contribution in [3.05, 3.63) is 66.4 Å². The number of aryl methyl sites for hydroxylation is 1. The number of para-hydroxylation sites is 1. The molecule has 0 aliphatic carbocycles. The van der Waals surface area contributed by atoms with Crippen molar-refractivity contribution in [3.8, 4) is 33.9 Å². The molecule has 0 saturated carbocycles. The molecule has 1 aromatic heterocycles. The van der Waals surface area contributed by atoms with E-state index in [1.165, 1.54) is 0 Å². The van der Waals surface area contributed by atoms with Crippen LogP contribution in [0.1, 0.15) is 25.3 Å². The van der Waals surface area contributed by atoms with Gasteiger partial charge in [-0.1, -0.05) is 49.7 Å². The number of nitrogens with zero attached hydrogens (tertiary/aromatic N) is 1. The molecule has 0 unspecified atom stereocenters. The summed E-state index contributed by atoms with van der Waals surface area (Å²) in [6, 6.07) is 16.5. The van der Waals surface area contributed by atoms with Crippen LogP contribution in [-0.4, -0.2) is 15.2 Å². The second kappa shape index (κ2) is 7.18. The van der Waals surface area contributed by atoms with Gasteiger partial charge in [0.05, 0.1) is 5.69 Å². The van der Waals surface area contributed by atoms with E-state index in [9.17, 15) is 10.2 Å². The van der Waals surface area contributed by atoms with Crippen molar-refractivity contribution < 1.29 is 10.2 Å². The van der Waals surface area contributed by atoms with Gasteiger partial charge in [0.2, 0.25) is 0 Å². The smallest absolute Gasteiger partial charge is 0.124 e. The average Bonchev–Trinajstić information content (AvgIpc) is 2.61. The van der Waals surface area contributed by atoms with E-state index in [1.807, 2.05) is 30.3 Å². The van der Waals surface area contributed by atoms with E-state index in [-0.39, 0.29) is 11.5 Å². The van der Waals surface area contributed by atoms with E-state index in [1.54, 1.807) is 24.4 Å². The molecule has 3 heteroatoms. The highest BCUT2D eigenvalue weighted by Crippen LogP contribution is 2.42. The van der Waals surface area contributed by atoms with Crippen LogP contribution in [0.4, 0.5) is 0 Å². The summed E-state index contributed by atoms with van der Waals surface area (Å²) in [6.45, 7) is 2.16. The molecule has 2 N–H and O–H groups in total. The van der Waals surface area contributed by atoms with Gasteiger partial charge in [0, 0.05) is 22.9 Å². The molecule has 2 aromatic carbocycles. The molecule has 1 heterocycles. The molecule has 0 spiro atoms. The lowest BCUT2D eigenvalue weighted by Gasteiger charge is -2.15. The minimum Gasteiger partial charge on any atom is -0.507 e. The number of hydrogen-bond donors (Lipinski definition) is 2. The van der Waals surface area contributed by atoms with Gasteiger partial charge in [-0.2, -0.15) is 0 Å². The lowest BCUT2D eigenvalue weighted by atomic mass is 9.92. The Bertz CT molecular complexity index is 843. The van der Waals surface area contributed by atoms with E-state index < -0.39 is 0 Å². The maximum atomic E-state index is 10.5. The number of pyridine rings is 1. The zero-order valence-electron chi connectivity index (χ0n) is 13.7. The summed E-state index contributed by atoms with van der Waals surface area (Å²) in [5.41, 5.74) is 4.08. The van der Waals surface area contributed by atoms with E-state index >= 15 is 0 Å². The van der Waals surface area contributed by atoms with Crippen LogP contribution in [0.2, 0.25) is 0 Å². The fourth-order valence-corrected chi connectivity index (χ4v) is 2.96. The number of benzene rings is 2. The molecule has 0 amide bonds. The van der Waals surface area contributed by atoms with Crippen molar-refractivity contribution in [1.29, 1.82) is 0 Å². The van der Waals surface area contributed by atoms with Gasteiger partial charge in [0.15, 0.2) is 0 Å². The van der Waals surface area contributed by atoms with Crippen molar-refractivity contribution in [2.24, 2.45) is 0 Å². The van der Waals surface area contributed by atoms with Gasteiger partial charge >= 0.3 is 0 Å². The van der Waals surface area contributed by atoms with E-state index in [4.69, 9.17) is 0 Å². The standard InChI is InChI=1S/C21H21NO2/c1-2-3-8-15-9-7-14-22-21(15)17-11-6-13-19(24)20(17)16-10-4-5-12-18(16)23/h4-7,9-14,23-24H,2-3,8H2,1H3. The van der Waals surface area contributed by atoms with Gasteiger partial charge in [-0.15, -0.1) is 0 Å². The highest BCUT2D eigenvalue weighted by molar-refractivity contribution is 5.89. The van der Waals surface area contributed by atoms with Gasteiger partial charge in [-0.05, 0) is 36.6 Å². The molecule has 3 aromatic rings. The van der Waals surface area contributed by atoms with Crippen molar-refractivity contribution in [3.63, 3.8) is 0 Å². The number of aromatic nitrogens is 1. The molecule has 3 rings (SSSR count). The predicted octanol–water partition coefficient (Wildman–Crippen LogP) is 5.17. The Morgan fingerprint density at radius 1 is 0.833 bits per heavy atom. The van der Waals surface area contributed by atoms with Gasteiger partial charge < -0.3 is 10.2 Å². The SMILES string of the molecule is CCCCc1cccnc1-c1cccc(O)c1-c1ccccc1O. The largest absolute Gasteiger partial charge is 0.507 e. The zero-order valence-corrected chi connectivity index (χ0v) is 13.7. The number of hydrogen-bond acceptors (Lipinski definition) is 3. The number of phenolic OH excluding ortho intramolecular Hbond substituents is 2. The molecule has 0 atom stereocenters. The number of rotatable bonds is 5. The fourth-order valence-electron chi connectivity index (χ4n) is 2.96. The second-order valence-corrected chi connectivity index (χ2v) is 5.83. The fraction of sp³-hybridized carbons (Fsp3) is 0.190. The average molecular weight is 319 g/mol. The van der Waals surface area contributed by atoms with Crippen LogP contribution in [0.3, 0.4) is 0 Å². The first-order chi connectivity index (χ1) is 11.7. The van der Waals surface area contributed by atoms with Gasteiger partial charge in [0.25, 0.3) is 0 Å². The van der Waals surface area contributed by atoms with Crippen LogP contribution in [0.5, 0.6) is 11.5 Å². The van der Waals surface area contributed by atoms with Crippen molar-refractivity contribution in [1.82, 2.24) is 4.98 Å². The first kappa shape index (κ1) is 16.1. The number of phenols is 2. The monoisotopic (exact) mass is 319 g/mol. The van der Waals surface area contributed by atoms with Crippen LogP contribution in [-0.2, 0) is 6.42 Å². The summed E-state index contributed by atoms with van der Waals surface area (Å²) in [5.74, 6) is 0.285. The first-order valence-corrected chi connectivity index (χ1v) is 8.27. The lowest BCUT2D eigenvalue weighted by molar-refractivity contribution is 0.469. The second-order valence-electron chi connectivity index (χ2n) is 5.83. The Morgan fingerprint density at radius 3 is 2.38 bits per heavy atom. The van der Waals surface area contributed by atoms with E-state index in [0.29, 0.717) is 11.1 Å². The van der Waals surface area contributed by atoms with Crippen molar-refractivity contribution in [2.75, 3.05) is 0 Å². The Balaban J connectivity index is 2.21. The van der Waals surface area contributed by atoms with Crippen LogP contribution in [0.15, 0.2) is 60.8 Å². The minimum atomic E-state index is 0.140. The highest BCUT2D eigenvalue weighted by atomic mass is 16.3. The molecule has 0 aliphatic heterocycles. The van der Waals surface area contributed by atoms with Crippen LogP contribution >= 0.6 is 0 Å². The molecule has 0 radical (unpaired) electrons. The number of unbranched alkanes of at least 4 members (excludes halogenated alkanes) is 1. The molecule has 3 nitrogen and oxygen atoms in total. The maximum Gasteiger partial charge on any atom is 0.124 e. The van der Waals surface area contributed by atoms with E-state index in [0.717, 1.165) is 36.1 Å². The first-order valence-electron chi connectivity index (χ1n) is 8.27. The van der Waals surface area contributed by atoms with Gasteiger partial charge in [-0.3, -0.25) is 4.98 Å². The third-order valence-corrected chi connectivity index (χ3v) is 4.16. The summed E-state index contributed by atoms with van der Waals surface area (Å²) in [6.07, 6.45) is 4.91. The molecular formula is C21H21NO2. The minimum absolute atomic E-state index is 0.140. The summed E-state index contributed by atoms with van der Waals surface area (Å²) >= 11 is 0. The van der Waals surface area contributed by atoms with Crippen LogP contribution < -0.4 is 0 Å². The Labute approximate surface area is 142 Å². The lowest BCUT2D eigenvalue weighted by Crippen LogP contribution is -1.95. The zero-order chi connectivity index (χ0) is 16.9. The summed E-state index contributed by atoms with van der Waals surface area (Å²) in [4.78, 5) is 4.57. The molecule has 0 fully saturated rings. The maximum absolute atomic E-state index is 10.5.